The highest BCUT2D eigenvalue weighted by atomic mass is 32.2. The molecule has 0 amide bonds. The number of rotatable bonds is 10. The van der Waals surface area contributed by atoms with Crippen LogP contribution in [-0.2, 0) is 9.59 Å². The maximum Gasteiger partial charge on any atom is 0.131 e. The predicted octanol–water partition coefficient (Wildman–Crippen LogP) is 7.31. The van der Waals surface area contributed by atoms with E-state index in [-0.39, 0.29) is 22.1 Å². The fourth-order valence-electron chi connectivity index (χ4n) is 3.26. The number of benzene rings is 3. The lowest BCUT2D eigenvalue weighted by atomic mass is 10.1. The smallest absolute Gasteiger partial charge is 0.131 e. The summed E-state index contributed by atoms with van der Waals surface area (Å²) < 4.78 is 0. The molecule has 0 aliphatic rings. The van der Waals surface area contributed by atoms with E-state index in [0.29, 0.717) is 12.8 Å². The van der Waals surface area contributed by atoms with Crippen molar-refractivity contribution in [1.82, 2.24) is 0 Å². The van der Waals surface area contributed by atoms with E-state index in [2.05, 4.69) is 48.5 Å². The van der Waals surface area contributed by atoms with Crippen LogP contribution in [0.3, 0.4) is 0 Å². The summed E-state index contributed by atoms with van der Waals surface area (Å²) in [6.45, 7) is 3.30. The third kappa shape index (κ3) is 6.89. The first-order valence-electron chi connectivity index (χ1n) is 10.0. The standard InChI is InChI=1S/C26H26O2S2/c1-19(27)16-25(21-10-5-3-6-11-21)29-23-14-9-15-24(18-23)30-26(17-20(2)28)22-12-7-4-8-13-22/h3-15,18,25-26H,16-17H2,1-2H3/t25-,26+. The zero-order valence-corrected chi connectivity index (χ0v) is 18.9. The molecule has 0 saturated carbocycles. The van der Waals surface area contributed by atoms with Gasteiger partial charge < -0.3 is 0 Å². The van der Waals surface area contributed by atoms with E-state index < -0.39 is 0 Å². The number of carbonyl (C=O) groups is 2. The van der Waals surface area contributed by atoms with E-state index in [1.165, 1.54) is 0 Å². The average Bonchev–Trinajstić information content (AvgIpc) is 2.74. The van der Waals surface area contributed by atoms with Gasteiger partial charge in [0.15, 0.2) is 0 Å². The molecule has 0 saturated heterocycles. The summed E-state index contributed by atoms with van der Waals surface area (Å²) in [6.07, 6.45) is 1.01. The van der Waals surface area contributed by atoms with Crippen molar-refractivity contribution in [2.45, 2.75) is 47.0 Å². The maximum atomic E-state index is 11.8. The Hall–Kier alpha value is -2.30. The Labute approximate surface area is 187 Å². The van der Waals surface area contributed by atoms with Crippen molar-refractivity contribution in [3.63, 3.8) is 0 Å². The maximum absolute atomic E-state index is 11.8. The van der Waals surface area contributed by atoms with E-state index in [1.807, 2.05) is 36.4 Å². The van der Waals surface area contributed by atoms with Crippen LogP contribution >= 0.6 is 23.5 Å². The minimum Gasteiger partial charge on any atom is -0.300 e. The average molecular weight is 435 g/mol. The molecule has 3 aromatic rings. The van der Waals surface area contributed by atoms with Gasteiger partial charge in [-0.05, 0) is 43.2 Å². The van der Waals surface area contributed by atoms with Crippen molar-refractivity contribution >= 4 is 35.1 Å². The highest BCUT2D eigenvalue weighted by Crippen LogP contribution is 2.42. The van der Waals surface area contributed by atoms with Gasteiger partial charge in [-0.3, -0.25) is 9.59 Å². The monoisotopic (exact) mass is 434 g/mol. The molecule has 30 heavy (non-hydrogen) atoms. The summed E-state index contributed by atoms with van der Waals surface area (Å²) >= 11 is 3.44. The Balaban J connectivity index is 1.80. The van der Waals surface area contributed by atoms with Crippen LogP contribution in [0.4, 0.5) is 0 Å². The first-order valence-corrected chi connectivity index (χ1v) is 11.8. The highest BCUT2D eigenvalue weighted by Gasteiger charge is 2.18. The highest BCUT2D eigenvalue weighted by molar-refractivity contribution is 8.00. The van der Waals surface area contributed by atoms with Crippen molar-refractivity contribution in [3.05, 3.63) is 96.1 Å². The van der Waals surface area contributed by atoms with E-state index in [9.17, 15) is 9.59 Å². The Bertz CT molecular complexity index is 894. The topological polar surface area (TPSA) is 34.1 Å². The molecule has 0 fully saturated rings. The number of hydrogen-bond donors (Lipinski definition) is 0. The van der Waals surface area contributed by atoms with Crippen molar-refractivity contribution in [1.29, 1.82) is 0 Å². The quantitative estimate of drug-likeness (QED) is 0.313. The van der Waals surface area contributed by atoms with Gasteiger partial charge >= 0.3 is 0 Å². The van der Waals surface area contributed by atoms with E-state index in [4.69, 9.17) is 0 Å². The summed E-state index contributed by atoms with van der Waals surface area (Å²) in [5.41, 5.74) is 2.32. The van der Waals surface area contributed by atoms with Crippen LogP contribution in [0, 0.1) is 0 Å². The lowest BCUT2D eigenvalue weighted by Crippen LogP contribution is -2.01. The SMILES string of the molecule is CC(=O)C[C@H](Sc1cccc(S[C@H](CC(C)=O)c2ccccc2)c1)c1ccccc1. The van der Waals surface area contributed by atoms with Gasteiger partial charge in [0.05, 0.1) is 0 Å². The molecule has 154 valence electrons. The summed E-state index contributed by atoms with van der Waals surface area (Å²) in [5.74, 6) is 0.375. The molecule has 0 unspecified atom stereocenters. The number of carbonyl (C=O) groups excluding carboxylic acids is 2. The molecule has 0 radical (unpaired) electrons. The van der Waals surface area contributed by atoms with Crippen molar-refractivity contribution in [2.75, 3.05) is 0 Å². The van der Waals surface area contributed by atoms with Gasteiger partial charge in [-0.25, -0.2) is 0 Å². The largest absolute Gasteiger partial charge is 0.300 e. The number of hydrogen-bond acceptors (Lipinski definition) is 4. The van der Waals surface area contributed by atoms with Crippen LogP contribution in [0.25, 0.3) is 0 Å². The second-order valence-electron chi connectivity index (χ2n) is 7.32. The third-order valence-electron chi connectivity index (χ3n) is 4.65. The fourth-order valence-corrected chi connectivity index (χ4v) is 5.92. The van der Waals surface area contributed by atoms with Crippen LogP contribution in [0.1, 0.15) is 48.3 Å². The molecule has 3 rings (SSSR count). The lowest BCUT2D eigenvalue weighted by molar-refractivity contribution is -0.117. The van der Waals surface area contributed by atoms with Gasteiger partial charge in [0.25, 0.3) is 0 Å². The second kappa shape index (κ2) is 11.2. The summed E-state index contributed by atoms with van der Waals surface area (Å²) in [6, 6.07) is 28.8. The fraction of sp³-hybridized carbons (Fsp3) is 0.231. The number of Topliss-reactive ketones (excluding diaryl/α,β-unsaturated/α-hetero) is 2. The molecule has 0 aliphatic heterocycles. The molecule has 0 spiro atoms. The second-order valence-corrected chi connectivity index (χ2v) is 9.87. The van der Waals surface area contributed by atoms with Gasteiger partial charge in [-0.15, -0.1) is 23.5 Å². The molecule has 0 heterocycles. The molecule has 0 aromatic heterocycles. The van der Waals surface area contributed by atoms with Crippen molar-refractivity contribution < 1.29 is 9.59 Å². The minimum absolute atomic E-state index is 0.0890. The van der Waals surface area contributed by atoms with E-state index >= 15 is 0 Å². The molecule has 2 atom stereocenters. The molecular weight excluding hydrogens is 408 g/mol. The van der Waals surface area contributed by atoms with Crippen molar-refractivity contribution in [3.8, 4) is 0 Å². The van der Waals surface area contributed by atoms with Gasteiger partial charge in [0, 0.05) is 33.1 Å². The Morgan fingerprint density at radius 1 is 0.633 bits per heavy atom. The van der Waals surface area contributed by atoms with Gasteiger partial charge in [0.1, 0.15) is 11.6 Å². The Morgan fingerprint density at radius 3 is 1.40 bits per heavy atom. The third-order valence-corrected chi connectivity index (χ3v) is 7.15. The van der Waals surface area contributed by atoms with Gasteiger partial charge in [-0.1, -0.05) is 66.7 Å². The van der Waals surface area contributed by atoms with Crippen LogP contribution < -0.4 is 0 Å². The van der Waals surface area contributed by atoms with Crippen LogP contribution in [0.2, 0.25) is 0 Å². The molecule has 0 aliphatic carbocycles. The predicted molar refractivity (Wildman–Crippen MR) is 127 cm³/mol. The summed E-state index contributed by atoms with van der Waals surface area (Å²) in [5, 5.41) is 0.178. The van der Waals surface area contributed by atoms with E-state index in [0.717, 1.165) is 20.9 Å². The van der Waals surface area contributed by atoms with Crippen LogP contribution in [0.5, 0.6) is 0 Å². The molecule has 3 aromatic carbocycles. The zero-order valence-electron chi connectivity index (χ0n) is 17.3. The van der Waals surface area contributed by atoms with Gasteiger partial charge in [0.2, 0.25) is 0 Å². The zero-order chi connectivity index (χ0) is 21.3. The molecule has 2 nitrogen and oxygen atoms in total. The molecule has 0 bridgehead atoms. The van der Waals surface area contributed by atoms with Crippen LogP contribution in [0.15, 0.2) is 94.7 Å². The van der Waals surface area contributed by atoms with Gasteiger partial charge in [-0.2, -0.15) is 0 Å². The molecule has 4 heteroatoms. The first-order chi connectivity index (χ1) is 14.5. The van der Waals surface area contributed by atoms with Crippen molar-refractivity contribution in [2.24, 2.45) is 0 Å². The minimum atomic E-state index is 0.0890. The molecular formula is C26H26O2S2. The normalized spacial score (nSPS) is 12.9. The summed E-state index contributed by atoms with van der Waals surface area (Å²) in [4.78, 5) is 25.9. The number of ketones is 2. The van der Waals surface area contributed by atoms with Crippen LogP contribution in [-0.4, -0.2) is 11.6 Å². The number of thioether (sulfide) groups is 2. The first kappa shape index (κ1) is 22.4. The van der Waals surface area contributed by atoms with E-state index in [1.54, 1.807) is 37.4 Å². The Morgan fingerprint density at radius 2 is 1.03 bits per heavy atom. The lowest BCUT2D eigenvalue weighted by Gasteiger charge is -2.18. The summed E-state index contributed by atoms with van der Waals surface area (Å²) in [7, 11) is 0. The molecule has 0 N–H and O–H groups in total. The Kier molecular flexibility index (Phi) is 8.35.